The molecule has 0 unspecified atom stereocenters. The van der Waals surface area contributed by atoms with Crippen molar-refractivity contribution in [2.45, 2.75) is 11.8 Å². The van der Waals surface area contributed by atoms with E-state index >= 15 is 0 Å². The maximum absolute atomic E-state index is 13.4. The van der Waals surface area contributed by atoms with E-state index in [2.05, 4.69) is 31.2 Å². The first-order valence-electron chi connectivity index (χ1n) is 10.7. The van der Waals surface area contributed by atoms with Gasteiger partial charge in [0.1, 0.15) is 6.54 Å². The van der Waals surface area contributed by atoms with Crippen molar-refractivity contribution in [1.82, 2.24) is 5.43 Å². The largest absolute Gasteiger partial charge is 0.513 e. The van der Waals surface area contributed by atoms with E-state index in [1.165, 1.54) is 44.7 Å². The van der Waals surface area contributed by atoms with Crippen molar-refractivity contribution >= 4 is 49.9 Å². The lowest BCUT2D eigenvalue weighted by Gasteiger charge is -2.24. The Bertz CT molecular complexity index is 1410. The summed E-state index contributed by atoms with van der Waals surface area (Å²) in [6.45, 7) is 1.34. The lowest BCUT2D eigenvalue weighted by molar-refractivity contribution is -0.119. The minimum atomic E-state index is -4.05. The first kappa shape index (κ1) is 27.7. The average molecular weight is 590 g/mol. The van der Waals surface area contributed by atoms with Crippen molar-refractivity contribution in [3.8, 4) is 11.5 Å². The fourth-order valence-electron chi connectivity index (χ4n) is 3.11. The summed E-state index contributed by atoms with van der Waals surface area (Å²) >= 11 is 3.34. The van der Waals surface area contributed by atoms with E-state index in [-0.39, 0.29) is 16.4 Å². The van der Waals surface area contributed by atoms with Crippen LogP contribution in [0.15, 0.2) is 81.2 Å². The van der Waals surface area contributed by atoms with Crippen molar-refractivity contribution in [3.05, 3.63) is 82.3 Å². The predicted molar refractivity (Wildman–Crippen MR) is 142 cm³/mol. The molecule has 0 spiro atoms. The summed E-state index contributed by atoms with van der Waals surface area (Å²) in [5, 5.41) is 3.91. The van der Waals surface area contributed by atoms with E-state index < -0.39 is 28.6 Å². The van der Waals surface area contributed by atoms with Crippen molar-refractivity contribution in [3.63, 3.8) is 0 Å². The van der Waals surface area contributed by atoms with Gasteiger partial charge in [0.25, 0.3) is 15.9 Å². The Hall–Kier alpha value is -3.90. The zero-order chi connectivity index (χ0) is 27.0. The summed E-state index contributed by atoms with van der Waals surface area (Å²) in [6.07, 6.45) is 0.433. The molecule has 0 aliphatic rings. The number of carbonyl (C=O) groups is 2. The number of anilines is 1. The molecule has 0 saturated heterocycles. The molecule has 0 aromatic heterocycles. The van der Waals surface area contributed by atoms with Crippen LogP contribution in [0.5, 0.6) is 11.5 Å². The van der Waals surface area contributed by atoms with E-state index in [0.717, 1.165) is 9.87 Å². The van der Waals surface area contributed by atoms with Crippen LogP contribution in [0.2, 0.25) is 0 Å². The lowest BCUT2D eigenvalue weighted by Crippen LogP contribution is -2.39. The monoisotopic (exact) mass is 589 g/mol. The summed E-state index contributed by atoms with van der Waals surface area (Å²) in [6, 6.07) is 17.6. The van der Waals surface area contributed by atoms with E-state index in [4.69, 9.17) is 9.47 Å². The van der Waals surface area contributed by atoms with Gasteiger partial charge in [-0.3, -0.25) is 9.10 Å². The zero-order valence-electron chi connectivity index (χ0n) is 20.2. The van der Waals surface area contributed by atoms with Gasteiger partial charge in [-0.2, -0.15) is 5.10 Å². The van der Waals surface area contributed by atoms with Crippen LogP contribution >= 0.6 is 15.9 Å². The highest BCUT2D eigenvalue weighted by Gasteiger charge is 2.27. The van der Waals surface area contributed by atoms with Crippen molar-refractivity contribution < 1.29 is 32.2 Å². The van der Waals surface area contributed by atoms with Gasteiger partial charge in [-0.25, -0.2) is 18.6 Å². The highest BCUT2D eigenvalue weighted by Crippen LogP contribution is 2.28. The van der Waals surface area contributed by atoms with Gasteiger partial charge >= 0.3 is 6.16 Å². The molecule has 10 nitrogen and oxygen atoms in total. The molecule has 0 aliphatic heterocycles. The fourth-order valence-corrected chi connectivity index (χ4v) is 4.91. The van der Waals surface area contributed by atoms with Gasteiger partial charge in [-0.1, -0.05) is 39.7 Å². The topological polar surface area (TPSA) is 124 Å². The summed E-state index contributed by atoms with van der Waals surface area (Å²) < 4.78 is 43.2. The molecule has 3 aromatic rings. The number of methoxy groups -OCH3 is 2. The van der Waals surface area contributed by atoms with Gasteiger partial charge in [-0.15, -0.1) is 0 Å². The third kappa shape index (κ3) is 7.30. The third-order valence-corrected chi connectivity index (χ3v) is 7.22. The van der Waals surface area contributed by atoms with Crippen LogP contribution in [0.25, 0.3) is 0 Å². The Morgan fingerprint density at radius 2 is 1.76 bits per heavy atom. The summed E-state index contributed by atoms with van der Waals surface area (Å²) in [4.78, 5) is 24.1. The third-order valence-electron chi connectivity index (χ3n) is 4.94. The van der Waals surface area contributed by atoms with Crippen LogP contribution in [0.3, 0.4) is 0 Å². The number of halogens is 1. The fraction of sp³-hybridized carbons (Fsp3) is 0.160. The number of nitrogens with zero attached hydrogens (tertiary/aromatic N) is 2. The van der Waals surface area contributed by atoms with Crippen LogP contribution in [-0.2, 0) is 19.6 Å². The smallest absolute Gasteiger partial charge is 0.493 e. The Kier molecular flexibility index (Phi) is 9.25. The standard InChI is InChI=1S/C25H24BrN3O7S/c1-17-7-10-21(11-8-17)37(32,33)29(20-6-4-5-19(26)14-20)16-24(30)28-27-15-18-9-12-22(23(13-18)34-2)36-25(31)35-3/h4-15H,16H2,1-3H3,(H,28,30)/b27-15-. The zero-order valence-corrected chi connectivity index (χ0v) is 22.6. The summed E-state index contributed by atoms with van der Waals surface area (Å²) in [5.74, 6) is -0.281. The van der Waals surface area contributed by atoms with Crippen molar-refractivity contribution in [2.75, 3.05) is 25.1 Å². The Labute approximate surface area is 223 Å². The van der Waals surface area contributed by atoms with E-state index in [9.17, 15) is 18.0 Å². The van der Waals surface area contributed by atoms with Gasteiger partial charge in [-0.05, 0) is 61.0 Å². The normalized spacial score (nSPS) is 11.1. The molecule has 0 fully saturated rings. The van der Waals surface area contributed by atoms with Crippen LogP contribution in [0.1, 0.15) is 11.1 Å². The van der Waals surface area contributed by atoms with Crippen LogP contribution < -0.4 is 19.2 Å². The maximum atomic E-state index is 13.4. The van der Waals surface area contributed by atoms with E-state index in [1.54, 1.807) is 42.5 Å². The molecule has 194 valence electrons. The quantitative estimate of drug-likeness (QED) is 0.171. The number of hydrogen-bond donors (Lipinski definition) is 1. The van der Waals surface area contributed by atoms with Gasteiger partial charge in [0.15, 0.2) is 11.5 Å². The van der Waals surface area contributed by atoms with Crippen molar-refractivity contribution in [2.24, 2.45) is 5.10 Å². The summed E-state index contributed by atoms with van der Waals surface area (Å²) in [5.41, 5.74) is 4.07. The highest BCUT2D eigenvalue weighted by molar-refractivity contribution is 9.10. The Morgan fingerprint density at radius 3 is 2.41 bits per heavy atom. The predicted octanol–water partition coefficient (Wildman–Crippen LogP) is 4.26. The minimum absolute atomic E-state index is 0.0516. The van der Waals surface area contributed by atoms with E-state index in [1.807, 2.05) is 6.92 Å². The second kappa shape index (κ2) is 12.4. The Balaban J connectivity index is 1.79. The number of amides is 1. The van der Waals surface area contributed by atoms with Gasteiger partial charge in [0, 0.05) is 4.47 Å². The van der Waals surface area contributed by atoms with Crippen LogP contribution in [0.4, 0.5) is 10.5 Å². The molecule has 0 bridgehead atoms. The minimum Gasteiger partial charge on any atom is -0.493 e. The first-order valence-corrected chi connectivity index (χ1v) is 13.0. The number of ether oxygens (including phenoxy) is 3. The molecule has 37 heavy (non-hydrogen) atoms. The molecular weight excluding hydrogens is 566 g/mol. The molecule has 0 saturated carbocycles. The maximum Gasteiger partial charge on any atom is 0.513 e. The van der Waals surface area contributed by atoms with Crippen LogP contribution in [-0.4, -0.2) is 47.5 Å². The second-order valence-electron chi connectivity index (χ2n) is 7.56. The highest BCUT2D eigenvalue weighted by atomic mass is 79.9. The number of aryl methyl sites for hydroxylation is 1. The number of benzene rings is 3. The molecule has 0 atom stereocenters. The number of sulfonamides is 1. The van der Waals surface area contributed by atoms with Crippen molar-refractivity contribution in [1.29, 1.82) is 0 Å². The Morgan fingerprint density at radius 1 is 1.03 bits per heavy atom. The first-order chi connectivity index (χ1) is 17.6. The molecule has 1 amide bonds. The summed E-state index contributed by atoms with van der Waals surface area (Å²) in [7, 11) is -1.48. The number of rotatable bonds is 9. The number of nitrogens with one attached hydrogen (secondary N) is 1. The molecule has 0 heterocycles. The number of hydrazone groups is 1. The van der Waals surface area contributed by atoms with Gasteiger partial charge in [0.2, 0.25) is 0 Å². The van der Waals surface area contributed by atoms with Crippen LogP contribution in [0, 0.1) is 6.92 Å². The van der Waals surface area contributed by atoms with E-state index in [0.29, 0.717) is 15.7 Å². The molecule has 12 heteroatoms. The van der Waals surface area contributed by atoms with Gasteiger partial charge in [0.05, 0.1) is 31.0 Å². The molecule has 3 aromatic carbocycles. The SMILES string of the molecule is COC(=O)Oc1ccc(/C=N\NC(=O)CN(c2cccc(Br)c2)S(=O)(=O)c2ccc(C)cc2)cc1OC. The molecule has 3 rings (SSSR count). The molecule has 0 aliphatic carbocycles. The molecule has 1 N–H and O–H groups in total. The molecule has 0 radical (unpaired) electrons. The number of hydrogen-bond acceptors (Lipinski definition) is 8. The lowest BCUT2D eigenvalue weighted by atomic mass is 10.2. The molecular formula is C25H24BrN3O7S. The average Bonchev–Trinajstić information content (AvgIpc) is 2.88. The van der Waals surface area contributed by atoms with Gasteiger partial charge < -0.3 is 14.2 Å². The second-order valence-corrected chi connectivity index (χ2v) is 10.3. The number of carbonyl (C=O) groups excluding carboxylic acids is 2.